The van der Waals surface area contributed by atoms with Gasteiger partial charge in [0.05, 0.1) is 12.7 Å². The van der Waals surface area contributed by atoms with Crippen molar-refractivity contribution < 1.29 is 5.11 Å². The van der Waals surface area contributed by atoms with Crippen LogP contribution in [0.2, 0.25) is 0 Å². The van der Waals surface area contributed by atoms with Gasteiger partial charge in [0.2, 0.25) is 0 Å². The molecule has 0 aromatic heterocycles. The second-order valence-electron chi connectivity index (χ2n) is 4.25. The normalized spacial score (nSPS) is 12.4. The molecule has 1 rings (SSSR count). The average molecular weight is 232 g/mol. The van der Waals surface area contributed by atoms with Gasteiger partial charge in [-0.1, -0.05) is 30.3 Å². The van der Waals surface area contributed by atoms with Crippen molar-refractivity contribution in [1.82, 2.24) is 4.90 Å². The summed E-state index contributed by atoms with van der Waals surface area (Å²) in [6.07, 6.45) is 1.43. The van der Waals surface area contributed by atoms with E-state index in [1.807, 2.05) is 25.1 Å². The van der Waals surface area contributed by atoms with E-state index in [-0.39, 0.29) is 12.6 Å². The van der Waals surface area contributed by atoms with E-state index >= 15 is 0 Å². The highest BCUT2D eigenvalue weighted by Crippen LogP contribution is 2.09. The first-order chi connectivity index (χ1) is 8.27. The molecule has 0 saturated carbocycles. The topological polar surface area (TPSA) is 47.3 Å². The summed E-state index contributed by atoms with van der Waals surface area (Å²) in [5.74, 6) is 0. The van der Waals surface area contributed by atoms with Crippen molar-refractivity contribution in [3.05, 3.63) is 35.9 Å². The van der Waals surface area contributed by atoms with Crippen LogP contribution >= 0.6 is 0 Å². The van der Waals surface area contributed by atoms with Gasteiger partial charge in [-0.3, -0.25) is 4.90 Å². The summed E-state index contributed by atoms with van der Waals surface area (Å²) in [5, 5.41) is 17.8. The van der Waals surface area contributed by atoms with Crippen molar-refractivity contribution in [2.24, 2.45) is 0 Å². The minimum absolute atomic E-state index is 0.133. The first-order valence-electron chi connectivity index (χ1n) is 6.03. The van der Waals surface area contributed by atoms with Gasteiger partial charge in [-0.15, -0.1) is 0 Å². The third kappa shape index (κ3) is 4.99. The predicted octanol–water partition coefficient (Wildman–Crippen LogP) is 2.17. The Bertz CT molecular complexity index is 345. The zero-order valence-corrected chi connectivity index (χ0v) is 10.3. The number of aliphatic hydroxyl groups excluding tert-OH is 1. The molecule has 0 bridgehead atoms. The van der Waals surface area contributed by atoms with Crippen LogP contribution in [0.5, 0.6) is 0 Å². The van der Waals surface area contributed by atoms with Gasteiger partial charge in [0.1, 0.15) is 0 Å². The molecule has 0 aliphatic rings. The molecule has 0 heterocycles. The Kier molecular flexibility index (Phi) is 6.31. The van der Waals surface area contributed by atoms with E-state index in [9.17, 15) is 5.11 Å². The standard InChI is InChI=1S/C14H20N2O/c1-13(12-17)16(10-6-5-9-15)11-14-7-3-2-4-8-14/h2-4,7-8,13,17H,5-6,10-12H2,1H3/t13-/m1/s1. The number of hydrogen-bond acceptors (Lipinski definition) is 3. The van der Waals surface area contributed by atoms with E-state index < -0.39 is 0 Å². The van der Waals surface area contributed by atoms with E-state index in [1.165, 1.54) is 5.56 Å². The summed E-state index contributed by atoms with van der Waals surface area (Å²) < 4.78 is 0. The number of benzene rings is 1. The van der Waals surface area contributed by atoms with Gasteiger partial charge in [0.15, 0.2) is 0 Å². The van der Waals surface area contributed by atoms with Gasteiger partial charge in [-0.25, -0.2) is 0 Å². The van der Waals surface area contributed by atoms with Crippen LogP contribution in [0.25, 0.3) is 0 Å². The van der Waals surface area contributed by atoms with Gasteiger partial charge >= 0.3 is 0 Å². The Morgan fingerprint density at radius 2 is 2.06 bits per heavy atom. The summed E-state index contributed by atoms with van der Waals surface area (Å²) in [6, 6.07) is 12.5. The highest BCUT2D eigenvalue weighted by Gasteiger charge is 2.12. The summed E-state index contributed by atoms with van der Waals surface area (Å²) in [6.45, 7) is 3.84. The lowest BCUT2D eigenvalue weighted by Gasteiger charge is -2.27. The molecule has 0 saturated heterocycles. The van der Waals surface area contributed by atoms with Crippen molar-refractivity contribution in [2.75, 3.05) is 13.2 Å². The summed E-state index contributed by atoms with van der Waals surface area (Å²) >= 11 is 0. The number of rotatable bonds is 7. The summed E-state index contributed by atoms with van der Waals surface area (Å²) in [5.41, 5.74) is 1.24. The van der Waals surface area contributed by atoms with Gasteiger partial charge in [-0.05, 0) is 25.5 Å². The molecular weight excluding hydrogens is 212 g/mol. The van der Waals surface area contributed by atoms with E-state index in [2.05, 4.69) is 23.1 Å². The van der Waals surface area contributed by atoms with Crippen molar-refractivity contribution >= 4 is 0 Å². The van der Waals surface area contributed by atoms with Crippen LogP contribution in [0.3, 0.4) is 0 Å². The van der Waals surface area contributed by atoms with E-state index in [1.54, 1.807) is 0 Å². The molecule has 1 atom stereocenters. The monoisotopic (exact) mass is 232 g/mol. The smallest absolute Gasteiger partial charge is 0.0622 e. The third-order valence-electron chi connectivity index (χ3n) is 2.85. The largest absolute Gasteiger partial charge is 0.395 e. The molecule has 3 heteroatoms. The molecule has 0 spiro atoms. The minimum Gasteiger partial charge on any atom is -0.395 e. The van der Waals surface area contributed by atoms with Crippen molar-refractivity contribution in [3.63, 3.8) is 0 Å². The Morgan fingerprint density at radius 1 is 1.35 bits per heavy atom. The molecular formula is C14H20N2O. The van der Waals surface area contributed by atoms with E-state index in [0.29, 0.717) is 6.42 Å². The first-order valence-corrected chi connectivity index (χ1v) is 6.03. The fourth-order valence-corrected chi connectivity index (χ4v) is 1.75. The number of nitriles is 1. The van der Waals surface area contributed by atoms with Gasteiger partial charge in [0.25, 0.3) is 0 Å². The van der Waals surface area contributed by atoms with Crippen LogP contribution in [0.1, 0.15) is 25.3 Å². The van der Waals surface area contributed by atoms with Gasteiger partial charge in [-0.2, -0.15) is 5.26 Å². The SMILES string of the molecule is C[C@H](CO)N(CCCC#N)Cc1ccccc1. The fourth-order valence-electron chi connectivity index (χ4n) is 1.75. The second-order valence-corrected chi connectivity index (χ2v) is 4.25. The summed E-state index contributed by atoms with van der Waals surface area (Å²) in [4.78, 5) is 2.21. The van der Waals surface area contributed by atoms with E-state index in [0.717, 1.165) is 19.5 Å². The fraction of sp³-hybridized carbons (Fsp3) is 0.500. The van der Waals surface area contributed by atoms with Crippen molar-refractivity contribution in [3.8, 4) is 6.07 Å². The predicted molar refractivity (Wildman–Crippen MR) is 68.2 cm³/mol. The Morgan fingerprint density at radius 3 is 2.65 bits per heavy atom. The highest BCUT2D eigenvalue weighted by molar-refractivity contribution is 5.14. The Balaban J connectivity index is 2.54. The number of nitrogens with zero attached hydrogens (tertiary/aromatic N) is 2. The number of aliphatic hydroxyl groups is 1. The van der Waals surface area contributed by atoms with Gasteiger partial charge in [0, 0.05) is 19.0 Å². The first kappa shape index (κ1) is 13.7. The van der Waals surface area contributed by atoms with Crippen molar-refractivity contribution in [1.29, 1.82) is 5.26 Å². The maximum atomic E-state index is 9.23. The average Bonchev–Trinajstić information content (AvgIpc) is 2.38. The Labute approximate surface area is 103 Å². The van der Waals surface area contributed by atoms with Crippen LogP contribution in [-0.2, 0) is 6.54 Å². The molecule has 0 radical (unpaired) electrons. The molecule has 1 N–H and O–H groups in total. The van der Waals surface area contributed by atoms with E-state index in [4.69, 9.17) is 5.26 Å². The molecule has 0 fully saturated rings. The third-order valence-corrected chi connectivity index (χ3v) is 2.85. The quantitative estimate of drug-likeness (QED) is 0.733. The molecule has 17 heavy (non-hydrogen) atoms. The summed E-state index contributed by atoms with van der Waals surface area (Å²) in [7, 11) is 0. The molecule has 0 aliphatic heterocycles. The lowest BCUT2D eigenvalue weighted by atomic mass is 10.1. The van der Waals surface area contributed by atoms with Crippen LogP contribution in [0, 0.1) is 11.3 Å². The minimum atomic E-state index is 0.133. The highest BCUT2D eigenvalue weighted by atomic mass is 16.3. The van der Waals surface area contributed by atoms with Crippen molar-refractivity contribution in [2.45, 2.75) is 32.4 Å². The maximum absolute atomic E-state index is 9.23. The molecule has 1 aromatic carbocycles. The zero-order valence-electron chi connectivity index (χ0n) is 10.3. The Hall–Kier alpha value is -1.37. The van der Waals surface area contributed by atoms with Crippen LogP contribution in [0.4, 0.5) is 0 Å². The molecule has 92 valence electrons. The second kappa shape index (κ2) is 7.83. The van der Waals surface area contributed by atoms with Crippen LogP contribution < -0.4 is 0 Å². The zero-order chi connectivity index (χ0) is 12.5. The lowest BCUT2D eigenvalue weighted by Crippen LogP contribution is -2.35. The number of unbranched alkanes of at least 4 members (excludes halogenated alkanes) is 1. The van der Waals surface area contributed by atoms with Crippen LogP contribution in [-0.4, -0.2) is 29.2 Å². The number of hydrogen-bond donors (Lipinski definition) is 1. The van der Waals surface area contributed by atoms with Crippen LogP contribution in [0.15, 0.2) is 30.3 Å². The molecule has 3 nitrogen and oxygen atoms in total. The molecule has 0 aliphatic carbocycles. The lowest BCUT2D eigenvalue weighted by molar-refractivity contribution is 0.127. The molecule has 1 aromatic rings. The molecule has 0 unspecified atom stereocenters. The maximum Gasteiger partial charge on any atom is 0.0622 e. The molecule has 0 amide bonds. The van der Waals surface area contributed by atoms with Gasteiger partial charge < -0.3 is 5.11 Å².